The molecule has 1 aliphatic heterocycles. The van der Waals surface area contributed by atoms with Gasteiger partial charge in [0.05, 0.1) is 13.1 Å². The lowest BCUT2D eigenvalue weighted by molar-refractivity contribution is -0.901. The van der Waals surface area contributed by atoms with Gasteiger partial charge in [-0.3, -0.25) is 4.79 Å². The second-order valence-electron chi connectivity index (χ2n) is 6.72. The fraction of sp³-hybridized carbons (Fsp3) is 0.381. The number of quaternary nitrogens is 1. The summed E-state index contributed by atoms with van der Waals surface area (Å²) in [6, 6.07) is 16.4. The van der Waals surface area contributed by atoms with E-state index < -0.39 is 0 Å². The lowest BCUT2D eigenvalue weighted by Gasteiger charge is -2.15. The van der Waals surface area contributed by atoms with Crippen LogP contribution >= 0.6 is 11.8 Å². The van der Waals surface area contributed by atoms with Gasteiger partial charge in [0.2, 0.25) is 0 Å². The first-order valence-electron chi connectivity index (χ1n) is 9.02. The Kier molecular flexibility index (Phi) is 6.54. The van der Waals surface area contributed by atoms with Gasteiger partial charge in [-0.15, -0.1) is 0 Å². The first-order valence-corrected chi connectivity index (χ1v) is 10.4. The van der Waals surface area contributed by atoms with Crippen molar-refractivity contribution >= 4 is 17.7 Å². The summed E-state index contributed by atoms with van der Waals surface area (Å²) in [7, 11) is 0. The largest absolute Gasteiger partial charge is 0.348 e. The second-order valence-corrected chi connectivity index (χ2v) is 7.58. The van der Waals surface area contributed by atoms with Crippen LogP contribution in [0, 0.1) is 0 Å². The number of carbonyl (C=O) groups excluding carboxylic acids is 1. The molecule has 4 heteroatoms. The zero-order chi connectivity index (χ0) is 17.5. The van der Waals surface area contributed by atoms with Gasteiger partial charge >= 0.3 is 0 Å². The molecule has 3 nitrogen and oxygen atoms in total. The van der Waals surface area contributed by atoms with E-state index in [0.717, 1.165) is 17.9 Å². The van der Waals surface area contributed by atoms with Crippen LogP contribution in [-0.2, 0) is 18.8 Å². The van der Waals surface area contributed by atoms with E-state index in [9.17, 15) is 4.79 Å². The summed E-state index contributed by atoms with van der Waals surface area (Å²) in [4.78, 5) is 14.1. The number of thioether (sulfide) groups is 1. The van der Waals surface area contributed by atoms with Gasteiger partial charge in [-0.25, -0.2) is 0 Å². The molecule has 0 spiro atoms. The minimum Gasteiger partial charge on any atom is -0.348 e. The second kappa shape index (κ2) is 9.07. The first kappa shape index (κ1) is 18.0. The highest BCUT2D eigenvalue weighted by molar-refractivity contribution is 7.97. The number of likely N-dealkylation sites (tertiary alicyclic amines) is 1. The van der Waals surface area contributed by atoms with Crippen molar-refractivity contribution in [2.45, 2.75) is 31.7 Å². The van der Waals surface area contributed by atoms with E-state index in [1.54, 1.807) is 16.7 Å². The average molecular weight is 356 g/mol. The SMILES string of the molecule is CSCc1ccc(C(=O)NCc2ccccc2C[NH+]2CCCC2)cc1. The fourth-order valence-electron chi connectivity index (χ4n) is 3.42. The molecule has 1 aliphatic rings. The summed E-state index contributed by atoms with van der Waals surface area (Å²) in [6.07, 6.45) is 4.75. The van der Waals surface area contributed by atoms with E-state index in [-0.39, 0.29) is 5.91 Å². The van der Waals surface area contributed by atoms with E-state index in [1.807, 2.05) is 24.3 Å². The van der Waals surface area contributed by atoms with Gasteiger partial charge in [-0.2, -0.15) is 11.8 Å². The highest BCUT2D eigenvalue weighted by atomic mass is 32.2. The lowest BCUT2D eigenvalue weighted by Crippen LogP contribution is -3.08. The smallest absolute Gasteiger partial charge is 0.251 e. The lowest BCUT2D eigenvalue weighted by atomic mass is 10.1. The number of nitrogens with one attached hydrogen (secondary N) is 2. The van der Waals surface area contributed by atoms with Crippen molar-refractivity contribution in [2.24, 2.45) is 0 Å². The highest BCUT2D eigenvalue weighted by Gasteiger charge is 2.17. The molecule has 0 atom stereocenters. The quantitative estimate of drug-likeness (QED) is 0.801. The highest BCUT2D eigenvalue weighted by Crippen LogP contribution is 2.12. The number of hydrogen-bond acceptors (Lipinski definition) is 2. The maximum Gasteiger partial charge on any atom is 0.251 e. The van der Waals surface area contributed by atoms with Crippen molar-refractivity contribution in [3.05, 3.63) is 70.8 Å². The van der Waals surface area contributed by atoms with Crippen LogP contribution in [0.5, 0.6) is 0 Å². The molecule has 0 saturated carbocycles. The van der Waals surface area contributed by atoms with E-state index in [0.29, 0.717) is 6.54 Å². The predicted molar refractivity (Wildman–Crippen MR) is 105 cm³/mol. The van der Waals surface area contributed by atoms with Crippen molar-refractivity contribution in [3.8, 4) is 0 Å². The van der Waals surface area contributed by atoms with Gasteiger partial charge in [0.1, 0.15) is 6.54 Å². The molecule has 1 amide bonds. The van der Waals surface area contributed by atoms with Crippen molar-refractivity contribution in [2.75, 3.05) is 19.3 Å². The van der Waals surface area contributed by atoms with Crippen molar-refractivity contribution < 1.29 is 9.69 Å². The summed E-state index contributed by atoms with van der Waals surface area (Å²) in [5.74, 6) is 0.979. The van der Waals surface area contributed by atoms with Crippen molar-refractivity contribution in [1.82, 2.24) is 5.32 Å². The van der Waals surface area contributed by atoms with Crippen molar-refractivity contribution in [1.29, 1.82) is 0 Å². The predicted octanol–water partition coefficient (Wildman–Crippen LogP) is 2.66. The third-order valence-corrected chi connectivity index (χ3v) is 5.46. The molecular formula is C21H27N2OS+. The zero-order valence-corrected chi connectivity index (χ0v) is 15.7. The number of benzene rings is 2. The molecule has 0 radical (unpaired) electrons. The molecule has 0 unspecified atom stereocenters. The average Bonchev–Trinajstić information content (AvgIpc) is 3.15. The molecule has 2 N–H and O–H groups in total. The van der Waals surface area contributed by atoms with Crippen LogP contribution in [0.3, 0.4) is 0 Å². The first-order chi connectivity index (χ1) is 12.3. The fourth-order valence-corrected chi connectivity index (χ4v) is 3.95. The molecule has 3 rings (SSSR count). The van der Waals surface area contributed by atoms with Gasteiger partial charge in [0.25, 0.3) is 5.91 Å². The molecule has 1 fully saturated rings. The van der Waals surface area contributed by atoms with Crippen LogP contribution in [0.25, 0.3) is 0 Å². The summed E-state index contributed by atoms with van der Waals surface area (Å²) in [6.45, 7) is 4.19. The summed E-state index contributed by atoms with van der Waals surface area (Å²) in [5.41, 5.74) is 4.57. The topological polar surface area (TPSA) is 33.5 Å². The van der Waals surface area contributed by atoms with Gasteiger partial charge in [0, 0.05) is 36.3 Å². The molecule has 0 aromatic heterocycles. The normalized spacial score (nSPS) is 14.6. The van der Waals surface area contributed by atoms with Crippen LogP contribution in [0.4, 0.5) is 0 Å². The Balaban J connectivity index is 1.59. The maximum atomic E-state index is 12.4. The third kappa shape index (κ3) is 5.10. The monoisotopic (exact) mass is 355 g/mol. The summed E-state index contributed by atoms with van der Waals surface area (Å²) < 4.78 is 0. The molecule has 1 heterocycles. The van der Waals surface area contributed by atoms with Crippen LogP contribution < -0.4 is 10.2 Å². The van der Waals surface area contributed by atoms with Crippen molar-refractivity contribution in [3.63, 3.8) is 0 Å². The number of amides is 1. The van der Waals surface area contributed by atoms with Crippen LogP contribution in [0.2, 0.25) is 0 Å². The molecule has 132 valence electrons. The molecule has 0 bridgehead atoms. The maximum absolute atomic E-state index is 12.4. The zero-order valence-electron chi connectivity index (χ0n) is 14.9. The molecule has 25 heavy (non-hydrogen) atoms. The Morgan fingerprint density at radius 1 is 1.04 bits per heavy atom. The minimum absolute atomic E-state index is 0.000904. The van der Waals surface area contributed by atoms with E-state index in [2.05, 4.69) is 35.8 Å². The Labute approximate surface area is 154 Å². The Hall–Kier alpha value is -1.78. The Bertz CT molecular complexity index is 693. The van der Waals surface area contributed by atoms with Gasteiger partial charge < -0.3 is 10.2 Å². The summed E-state index contributed by atoms with van der Waals surface area (Å²) in [5, 5.41) is 3.08. The molecule has 1 saturated heterocycles. The van der Waals surface area contributed by atoms with Crippen LogP contribution in [0.1, 0.15) is 39.9 Å². The number of hydrogen-bond donors (Lipinski definition) is 2. The van der Waals surface area contributed by atoms with E-state index in [4.69, 9.17) is 0 Å². The number of carbonyl (C=O) groups is 1. The Morgan fingerprint density at radius 2 is 1.72 bits per heavy atom. The molecule has 0 aliphatic carbocycles. The summed E-state index contributed by atoms with van der Waals surface area (Å²) >= 11 is 1.79. The van der Waals surface area contributed by atoms with E-state index >= 15 is 0 Å². The third-order valence-electron chi connectivity index (χ3n) is 4.84. The standard InChI is InChI=1S/C21H26N2OS/c1-25-16-17-8-10-18(11-9-17)21(24)22-14-19-6-2-3-7-20(19)15-23-12-4-5-13-23/h2-3,6-11H,4-5,12-16H2,1H3,(H,22,24)/p+1. The van der Waals surface area contributed by atoms with Gasteiger partial charge in [0.15, 0.2) is 0 Å². The Morgan fingerprint density at radius 3 is 2.40 bits per heavy atom. The van der Waals surface area contributed by atoms with Gasteiger partial charge in [-0.1, -0.05) is 36.4 Å². The minimum atomic E-state index is -0.000904. The van der Waals surface area contributed by atoms with Crippen LogP contribution in [0.15, 0.2) is 48.5 Å². The van der Waals surface area contributed by atoms with E-state index in [1.165, 1.54) is 42.6 Å². The van der Waals surface area contributed by atoms with Gasteiger partial charge in [-0.05, 0) is 29.5 Å². The molecule has 2 aromatic carbocycles. The number of rotatable bonds is 7. The molecular weight excluding hydrogens is 328 g/mol. The molecule has 2 aromatic rings. The van der Waals surface area contributed by atoms with Crippen LogP contribution in [-0.4, -0.2) is 25.3 Å².